The summed E-state index contributed by atoms with van der Waals surface area (Å²) in [6.45, 7) is 9.26. The molecule has 18 heavy (non-hydrogen) atoms. The Labute approximate surface area is 109 Å². The van der Waals surface area contributed by atoms with Crippen molar-refractivity contribution in [3.05, 3.63) is 35.5 Å². The molecule has 0 bridgehead atoms. The van der Waals surface area contributed by atoms with Crippen molar-refractivity contribution in [3.63, 3.8) is 0 Å². The van der Waals surface area contributed by atoms with Crippen LogP contribution in [0.1, 0.15) is 46.5 Å². The molecule has 0 atom stereocenters. The Balaban J connectivity index is 4.02. The number of primary amides is 1. The SMILES string of the molecule is C=C(C)C(=O)CCC(C)=CCCC(C)=CC(N)=O. The van der Waals surface area contributed by atoms with E-state index in [0.717, 1.165) is 24.8 Å². The van der Waals surface area contributed by atoms with E-state index >= 15 is 0 Å². The van der Waals surface area contributed by atoms with Gasteiger partial charge in [-0.15, -0.1) is 0 Å². The number of carbonyl (C=O) groups excluding carboxylic acids is 2. The number of allylic oxidation sites excluding steroid dienone is 4. The van der Waals surface area contributed by atoms with Gasteiger partial charge in [-0.2, -0.15) is 0 Å². The van der Waals surface area contributed by atoms with Crippen molar-refractivity contribution >= 4 is 11.7 Å². The lowest BCUT2D eigenvalue weighted by Gasteiger charge is -2.02. The van der Waals surface area contributed by atoms with E-state index in [9.17, 15) is 9.59 Å². The first kappa shape index (κ1) is 16.4. The molecule has 0 saturated carbocycles. The molecule has 0 aromatic rings. The molecule has 0 fully saturated rings. The molecule has 3 nitrogen and oxygen atoms in total. The molecule has 0 spiro atoms. The average Bonchev–Trinajstić information content (AvgIpc) is 2.24. The maximum absolute atomic E-state index is 11.4. The molecule has 0 aliphatic carbocycles. The maximum Gasteiger partial charge on any atom is 0.241 e. The fourth-order valence-corrected chi connectivity index (χ4v) is 1.49. The van der Waals surface area contributed by atoms with Gasteiger partial charge >= 0.3 is 0 Å². The van der Waals surface area contributed by atoms with Gasteiger partial charge in [-0.05, 0) is 45.6 Å². The van der Waals surface area contributed by atoms with Crippen molar-refractivity contribution in [3.8, 4) is 0 Å². The van der Waals surface area contributed by atoms with Crippen LogP contribution in [0.5, 0.6) is 0 Å². The molecule has 0 radical (unpaired) electrons. The molecule has 0 saturated heterocycles. The Hall–Kier alpha value is -1.64. The minimum Gasteiger partial charge on any atom is -0.366 e. The molecule has 100 valence electrons. The molecule has 0 aliphatic heterocycles. The first-order valence-electron chi connectivity index (χ1n) is 6.14. The van der Waals surface area contributed by atoms with Crippen LogP contribution in [0.2, 0.25) is 0 Å². The molecule has 0 aromatic heterocycles. The van der Waals surface area contributed by atoms with Gasteiger partial charge in [-0.25, -0.2) is 0 Å². The number of Topliss-reactive ketones (excluding diaryl/α,β-unsaturated/α-hetero) is 1. The summed E-state index contributed by atoms with van der Waals surface area (Å²) in [7, 11) is 0. The fraction of sp³-hybridized carbons (Fsp3) is 0.467. The van der Waals surface area contributed by atoms with Gasteiger partial charge in [0, 0.05) is 12.5 Å². The fourth-order valence-electron chi connectivity index (χ4n) is 1.49. The van der Waals surface area contributed by atoms with Gasteiger partial charge in [0.25, 0.3) is 0 Å². The highest BCUT2D eigenvalue weighted by Gasteiger charge is 2.02. The van der Waals surface area contributed by atoms with Crippen molar-refractivity contribution in [1.29, 1.82) is 0 Å². The summed E-state index contributed by atoms with van der Waals surface area (Å²) < 4.78 is 0. The molecule has 0 aliphatic rings. The van der Waals surface area contributed by atoms with Crippen LogP contribution in [0.25, 0.3) is 0 Å². The summed E-state index contributed by atoms with van der Waals surface area (Å²) in [4.78, 5) is 22.0. The number of hydrogen-bond donors (Lipinski definition) is 1. The van der Waals surface area contributed by atoms with Crippen LogP contribution in [0.3, 0.4) is 0 Å². The zero-order valence-electron chi connectivity index (χ0n) is 11.6. The molecular weight excluding hydrogens is 226 g/mol. The van der Waals surface area contributed by atoms with Gasteiger partial charge in [0.1, 0.15) is 0 Å². The molecule has 0 unspecified atom stereocenters. The Kier molecular flexibility index (Phi) is 7.68. The first-order chi connectivity index (χ1) is 8.32. The topological polar surface area (TPSA) is 60.2 Å². The summed E-state index contributed by atoms with van der Waals surface area (Å²) in [5.41, 5.74) is 7.84. The first-order valence-corrected chi connectivity index (χ1v) is 6.14. The minimum atomic E-state index is -0.403. The number of nitrogens with two attached hydrogens (primary N) is 1. The van der Waals surface area contributed by atoms with Gasteiger partial charge in [0.2, 0.25) is 5.91 Å². The summed E-state index contributed by atoms with van der Waals surface area (Å²) in [6.07, 6.45) is 6.52. The second-order valence-electron chi connectivity index (χ2n) is 4.69. The second-order valence-corrected chi connectivity index (χ2v) is 4.69. The average molecular weight is 249 g/mol. The monoisotopic (exact) mass is 249 g/mol. The van der Waals surface area contributed by atoms with Crippen LogP contribution >= 0.6 is 0 Å². The van der Waals surface area contributed by atoms with E-state index in [4.69, 9.17) is 5.73 Å². The largest absolute Gasteiger partial charge is 0.366 e. The zero-order valence-corrected chi connectivity index (χ0v) is 11.6. The highest BCUT2D eigenvalue weighted by molar-refractivity contribution is 5.94. The number of amides is 1. The molecular formula is C15H23NO2. The Morgan fingerprint density at radius 2 is 1.67 bits per heavy atom. The van der Waals surface area contributed by atoms with E-state index in [1.165, 1.54) is 11.6 Å². The van der Waals surface area contributed by atoms with Crippen LogP contribution < -0.4 is 5.73 Å². The Morgan fingerprint density at radius 3 is 2.17 bits per heavy atom. The van der Waals surface area contributed by atoms with E-state index in [-0.39, 0.29) is 5.78 Å². The summed E-state index contributed by atoms with van der Waals surface area (Å²) in [5, 5.41) is 0. The predicted molar refractivity (Wildman–Crippen MR) is 75.0 cm³/mol. The molecule has 1 amide bonds. The Morgan fingerprint density at radius 1 is 1.06 bits per heavy atom. The van der Waals surface area contributed by atoms with Crippen molar-refractivity contribution in [1.82, 2.24) is 0 Å². The van der Waals surface area contributed by atoms with Gasteiger partial charge in [-0.3, -0.25) is 9.59 Å². The van der Waals surface area contributed by atoms with E-state index in [1.54, 1.807) is 6.92 Å². The third-order valence-electron chi connectivity index (χ3n) is 2.64. The third kappa shape index (κ3) is 8.50. The van der Waals surface area contributed by atoms with Crippen molar-refractivity contribution < 1.29 is 9.59 Å². The van der Waals surface area contributed by atoms with Gasteiger partial charge in [0.15, 0.2) is 5.78 Å². The standard InChI is InChI=1S/C15H23NO2/c1-11(2)14(17)9-8-12(3)6-5-7-13(4)10-15(16)18/h6,10H,1,5,7-9H2,2-4H3,(H2,16,18). The number of ketones is 1. The van der Waals surface area contributed by atoms with Crippen LogP contribution in [-0.2, 0) is 9.59 Å². The van der Waals surface area contributed by atoms with Crippen LogP contribution in [0.4, 0.5) is 0 Å². The van der Waals surface area contributed by atoms with Crippen molar-refractivity contribution in [2.75, 3.05) is 0 Å². The molecule has 0 rings (SSSR count). The summed E-state index contributed by atoms with van der Waals surface area (Å²) in [6, 6.07) is 0. The quantitative estimate of drug-likeness (QED) is 0.531. The third-order valence-corrected chi connectivity index (χ3v) is 2.64. The highest BCUT2D eigenvalue weighted by Crippen LogP contribution is 2.11. The highest BCUT2D eigenvalue weighted by atomic mass is 16.1. The molecule has 0 heterocycles. The molecule has 0 aromatic carbocycles. The number of carbonyl (C=O) groups is 2. The maximum atomic E-state index is 11.4. The Bertz CT molecular complexity index is 389. The van der Waals surface area contributed by atoms with E-state index < -0.39 is 5.91 Å². The van der Waals surface area contributed by atoms with Crippen molar-refractivity contribution in [2.24, 2.45) is 5.73 Å². The van der Waals surface area contributed by atoms with E-state index in [1.807, 2.05) is 13.8 Å². The lowest BCUT2D eigenvalue weighted by Crippen LogP contribution is -2.06. The van der Waals surface area contributed by atoms with Crippen LogP contribution in [0.15, 0.2) is 35.5 Å². The summed E-state index contributed by atoms with van der Waals surface area (Å²) >= 11 is 0. The van der Waals surface area contributed by atoms with Crippen LogP contribution in [0, 0.1) is 0 Å². The van der Waals surface area contributed by atoms with Gasteiger partial charge < -0.3 is 5.73 Å². The van der Waals surface area contributed by atoms with Crippen LogP contribution in [-0.4, -0.2) is 11.7 Å². The van der Waals surface area contributed by atoms with Crippen molar-refractivity contribution in [2.45, 2.75) is 46.5 Å². The molecule has 2 N–H and O–H groups in total. The normalized spacial score (nSPS) is 12.4. The second kappa shape index (κ2) is 8.45. The lowest BCUT2D eigenvalue weighted by atomic mass is 10.0. The summed E-state index contributed by atoms with van der Waals surface area (Å²) in [5.74, 6) is -0.284. The lowest BCUT2D eigenvalue weighted by molar-refractivity contribution is -0.115. The smallest absolute Gasteiger partial charge is 0.241 e. The van der Waals surface area contributed by atoms with Gasteiger partial charge in [-0.1, -0.05) is 23.8 Å². The van der Waals surface area contributed by atoms with E-state index in [2.05, 4.69) is 12.7 Å². The number of hydrogen-bond acceptors (Lipinski definition) is 2. The van der Waals surface area contributed by atoms with E-state index in [0.29, 0.717) is 12.0 Å². The zero-order chi connectivity index (χ0) is 14.1. The predicted octanol–water partition coefficient (Wildman–Crippen LogP) is 3.07. The minimum absolute atomic E-state index is 0.118. The van der Waals surface area contributed by atoms with Gasteiger partial charge in [0.05, 0.1) is 0 Å². The number of rotatable bonds is 8. The molecule has 3 heteroatoms.